The smallest absolute Gasteiger partial charge is 0.333 e. The van der Waals surface area contributed by atoms with Crippen LogP contribution in [0.2, 0.25) is 0 Å². The van der Waals surface area contributed by atoms with Crippen LogP contribution in [0, 0.1) is 10.1 Å². The number of rotatable bonds is 9. The van der Waals surface area contributed by atoms with Crippen molar-refractivity contribution in [1.82, 2.24) is 0 Å². The van der Waals surface area contributed by atoms with E-state index in [-0.39, 0.29) is 18.0 Å². The molecule has 0 amide bonds. The molecule has 0 aliphatic heterocycles. The number of benzene rings is 1. The van der Waals surface area contributed by atoms with Gasteiger partial charge in [-0.05, 0) is 26.0 Å². The molecular weight excluding hydrogens is 276 g/mol. The lowest BCUT2D eigenvalue weighted by molar-refractivity contribution is -0.384. The summed E-state index contributed by atoms with van der Waals surface area (Å²) in [7, 11) is 1.56. The zero-order valence-corrected chi connectivity index (χ0v) is 12.6. The van der Waals surface area contributed by atoms with Crippen LogP contribution < -0.4 is 10.1 Å². The predicted molar refractivity (Wildman–Crippen MR) is 79.9 cm³/mol. The molecule has 0 aliphatic rings. The number of anilines is 1. The standard InChI is InChI=1S/C14H22N2O5/c1-4-21-12-7-5-6-11(13(12)16(18)19)15-10-14(2,17)8-9-20-3/h5-7,15,17H,4,8-10H2,1-3H3. The van der Waals surface area contributed by atoms with Gasteiger partial charge in [0, 0.05) is 26.7 Å². The number of para-hydroxylation sites is 1. The Hall–Kier alpha value is -1.86. The molecule has 0 heterocycles. The van der Waals surface area contributed by atoms with E-state index >= 15 is 0 Å². The Balaban J connectivity index is 2.88. The second kappa shape index (κ2) is 7.80. The number of methoxy groups -OCH3 is 1. The van der Waals surface area contributed by atoms with Crippen LogP contribution in [0.25, 0.3) is 0 Å². The molecule has 0 spiro atoms. The van der Waals surface area contributed by atoms with Crippen LogP contribution in [0.3, 0.4) is 0 Å². The molecule has 0 bridgehead atoms. The van der Waals surface area contributed by atoms with Crippen molar-refractivity contribution in [3.63, 3.8) is 0 Å². The van der Waals surface area contributed by atoms with Crippen LogP contribution in [-0.2, 0) is 4.74 Å². The normalized spacial score (nSPS) is 13.5. The Morgan fingerprint density at radius 2 is 2.19 bits per heavy atom. The quantitative estimate of drug-likeness (QED) is 0.536. The molecule has 21 heavy (non-hydrogen) atoms. The highest BCUT2D eigenvalue weighted by Gasteiger charge is 2.24. The molecule has 1 unspecified atom stereocenters. The van der Waals surface area contributed by atoms with E-state index in [0.29, 0.717) is 25.3 Å². The van der Waals surface area contributed by atoms with E-state index in [1.54, 1.807) is 39.2 Å². The maximum Gasteiger partial charge on any atom is 0.333 e. The fourth-order valence-corrected chi connectivity index (χ4v) is 1.82. The SMILES string of the molecule is CCOc1cccc(NCC(C)(O)CCOC)c1[N+](=O)[O-]. The highest BCUT2D eigenvalue weighted by atomic mass is 16.6. The summed E-state index contributed by atoms with van der Waals surface area (Å²) in [5.41, 5.74) is -0.823. The van der Waals surface area contributed by atoms with Gasteiger partial charge in [0.2, 0.25) is 0 Å². The van der Waals surface area contributed by atoms with Gasteiger partial charge in [-0.15, -0.1) is 0 Å². The van der Waals surface area contributed by atoms with Crippen LogP contribution in [0.1, 0.15) is 20.3 Å². The van der Waals surface area contributed by atoms with Gasteiger partial charge in [-0.1, -0.05) is 6.07 Å². The number of nitro groups is 1. The Bertz CT molecular complexity index is 476. The molecule has 7 nitrogen and oxygen atoms in total. The van der Waals surface area contributed by atoms with Gasteiger partial charge in [-0.25, -0.2) is 0 Å². The van der Waals surface area contributed by atoms with Crippen LogP contribution in [-0.4, -0.2) is 42.5 Å². The summed E-state index contributed by atoms with van der Waals surface area (Å²) in [4.78, 5) is 10.7. The van der Waals surface area contributed by atoms with E-state index in [1.165, 1.54) is 0 Å². The predicted octanol–water partition coefficient (Wildman–Crippen LogP) is 2.19. The first-order chi connectivity index (χ1) is 9.91. The summed E-state index contributed by atoms with van der Waals surface area (Å²) in [5.74, 6) is 0.212. The van der Waals surface area contributed by atoms with Crippen molar-refractivity contribution >= 4 is 11.4 Å². The highest BCUT2D eigenvalue weighted by Crippen LogP contribution is 2.35. The third kappa shape index (κ3) is 5.20. The number of aliphatic hydroxyl groups is 1. The minimum atomic E-state index is -1.02. The van der Waals surface area contributed by atoms with Crippen molar-refractivity contribution in [3.05, 3.63) is 28.3 Å². The van der Waals surface area contributed by atoms with Gasteiger partial charge in [0.25, 0.3) is 0 Å². The second-order valence-corrected chi connectivity index (χ2v) is 4.94. The maximum absolute atomic E-state index is 11.2. The van der Waals surface area contributed by atoms with Gasteiger partial charge in [-0.2, -0.15) is 0 Å². The zero-order valence-electron chi connectivity index (χ0n) is 12.6. The van der Waals surface area contributed by atoms with Crippen LogP contribution in [0.15, 0.2) is 18.2 Å². The van der Waals surface area contributed by atoms with Crippen LogP contribution >= 0.6 is 0 Å². The van der Waals surface area contributed by atoms with Crippen molar-refractivity contribution < 1.29 is 19.5 Å². The molecule has 0 saturated heterocycles. The molecule has 1 aromatic carbocycles. The molecular formula is C14H22N2O5. The lowest BCUT2D eigenvalue weighted by Gasteiger charge is -2.24. The minimum absolute atomic E-state index is 0.123. The largest absolute Gasteiger partial charge is 0.487 e. The average Bonchev–Trinajstić information content (AvgIpc) is 2.43. The van der Waals surface area contributed by atoms with Gasteiger partial charge in [-0.3, -0.25) is 10.1 Å². The monoisotopic (exact) mass is 298 g/mol. The van der Waals surface area contributed by atoms with E-state index in [4.69, 9.17) is 9.47 Å². The molecule has 1 aromatic rings. The third-order valence-electron chi connectivity index (χ3n) is 2.99. The van der Waals surface area contributed by atoms with E-state index in [1.807, 2.05) is 0 Å². The lowest BCUT2D eigenvalue weighted by Crippen LogP contribution is -2.34. The van der Waals surface area contributed by atoms with Crippen LogP contribution in [0.5, 0.6) is 5.75 Å². The maximum atomic E-state index is 11.2. The Morgan fingerprint density at radius 3 is 2.76 bits per heavy atom. The van der Waals surface area contributed by atoms with Crippen molar-refractivity contribution in [2.24, 2.45) is 0 Å². The molecule has 0 radical (unpaired) electrons. The van der Waals surface area contributed by atoms with E-state index in [9.17, 15) is 15.2 Å². The first kappa shape index (κ1) is 17.2. The summed E-state index contributed by atoms with van der Waals surface area (Å²) in [6.45, 7) is 4.34. The van der Waals surface area contributed by atoms with Gasteiger partial charge in [0.15, 0.2) is 5.75 Å². The second-order valence-electron chi connectivity index (χ2n) is 4.94. The molecule has 1 atom stereocenters. The van der Waals surface area contributed by atoms with Crippen molar-refractivity contribution in [1.29, 1.82) is 0 Å². The molecule has 0 aliphatic carbocycles. The van der Waals surface area contributed by atoms with Gasteiger partial charge in [0.05, 0.1) is 17.1 Å². The van der Waals surface area contributed by atoms with Gasteiger partial charge >= 0.3 is 5.69 Å². The van der Waals surface area contributed by atoms with E-state index in [0.717, 1.165) is 0 Å². The molecule has 1 rings (SSSR count). The Morgan fingerprint density at radius 1 is 1.48 bits per heavy atom. The Labute approximate surface area is 124 Å². The van der Waals surface area contributed by atoms with Crippen LogP contribution in [0.4, 0.5) is 11.4 Å². The fraction of sp³-hybridized carbons (Fsp3) is 0.571. The van der Waals surface area contributed by atoms with Crippen molar-refractivity contribution in [2.75, 3.05) is 32.2 Å². The first-order valence-electron chi connectivity index (χ1n) is 6.76. The number of nitrogens with one attached hydrogen (secondary N) is 1. The summed E-state index contributed by atoms with van der Waals surface area (Å²) in [6.07, 6.45) is 0.426. The minimum Gasteiger partial charge on any atom is -0.487 e. The van der Waals surface area contributed by atoms with Crippen molar-refractivity contribution in [2.45, 2.75) is 25.9 Å². The van der Waals surface area contributed by atoms with E-state index in [2.05, 4.69) is 5.32 Å². The molecule has 0 fully saturated rings. The number of nitrogens with zero attached hydrogens (tertiary/aromatic N) is 1. The fourth-order valence-electron chi connectivity index (χ4n) is 1.82. The average molecular weight is 298 g/mol. The molecule has 2 N–H and O–H groups in total. The first-order valence-corrected chi connectivity index (χ1v) is 6.76. The molecule has 0 saturated carbocycles. The summed E-state index contributed by atoms with van der Waals surface area (Å²) in [6, 6.07) is 4.81. The van der Waals surface area contributed by atoms with E-state index < -0.39 is 10.5 Å². The van der Waals surface area contributed by atoms with Gasteiger partial charge in [0.1, 0.15) is 5.69 Å². The number of hydrogen-bond acceptors (Lipinski definition) is 6. The highest BCUT2D eigenvalue weighted by molar-refractivity contribution is 5.68. The summed E-state index contributed by atoms with van der Waals surface area (Å²) in [5, 5.41) is 24.3. The number of hydrogen-bond donors (Lipinski definition) is 2. The topological polar surface area (TPSA) is 93.9 Å². The number of ether oxygens (including phenoxy) is 2. The zero-order chi connectivity index (χ0) is 15.9. The molecule has 7 heteroatoms. The third-order valence-corrected chi connectivity index (χ3v) is 2.99. The number of nitro benzene ring substituents is 1. The summed E-state index contributed by atoms with van der Waals surface area (Å²) < 4.78 is 10.2. The van der Waals surface area contributed by atoms with Gasteiger partial charge < -0.3 is 19.9 Å². The summed E-state index contributed by atoms with van der Waals surface area (Å²) >= 11 is 0. The molecule has 0 aromatic heterocycles. The molecule has 118 valence electrons. The van der Waals surface area contributed by atoms with Crippen molar-refractivity contribution in [3.8, 4) is 5.75 Å². The Kier molecular flexibility index (Phi) is 6.39. The lowest BCUT2D eigenvalue weighted by atomic mass is 10.0.